The highest BCUT2D eigenvalue weighted by Crippen LogP contribution is 2.34. The van der Waals surface area contributed by atoms with Crippen molar-refractivity contribution >= 4 is 21.7 Å². The quantitative estimate of drug-likeness (QED) is 0.812. The first-order valence-corrected chi connectivity index (χ1v) is 7.61. The summed E-state index contributed by atoms with van der Waals surface area (Å²) in [4.78, 5) is 4.28. The van der Waals surface area contributed by atoms with Gasteiger partial charge in [0, 0.05) is 34.9 Å². The summed E-state index contributed by atoms with van der Waals surface area (Å²) < 4.78 is 17.1. The minimum atomic E-state index is 0.708. The molecule has 0 atom stereocenters. The van der Waals surface area contributed by atoms with Gasteiger partial charge in [0.25, 0.3) is 0 Å². The number of hydrogen-bond donors (Lipinski definition) is 1. The SMILES string of the molecule is COc1cc(OC)c(CCNc2ccc(Br)cn2)c(OC)c1. The summed E-state index contributed by atoms with van der Waals surface area (Å²) in [7, 11) is 4.90. The number of ether oxygens (including phenoxy) is 3. The lowest BCUT2D eigenvalue weighted by molar-refractivity contribution is 0.369. The molecule has 0 amide bonds. The lowest BCUT2D eigenvalue weighted by Crippen LogP contribution is -2.08. The van der Waals surface area contributed by atoms with Crippen LogP contribution in [-0.2, 0) is 6.42 Å². The van der Waals surface area contributed by atoms with Gasteiger partial charge in [-0.1, -0.05) is 0 Å². The molecule has 5 nitrogen and oxygen atoms in total. The van der Waals surface area contributed by atoms with Gasteiger partial charge in [-0.15, -0.1) is 0 Å². The van der Waals surface area contributed by atoms with Gasteiger partial charge < -0.3 is 19.5 Å². The molecule has 1 N–H and O–H groups in total. The highest BCUT2D eigenvalue weighted by molar-refractivity contribution is 9.10. The Morgan fingerprint density at radius 1 is 1.05 bits per heavy atom. The zero-order chi connectivity index (χ0) is 15.9. The zero-order valence-electron chi connectivity index (χ0n) is 12.9. The van der Waals surface area contributed by atoms with E-state index in [2.05, 4.69) is 26.2 Å². The van der Waals surface area contributed by atoms with Gasteiger partial charge in [0.15, 0.2) is 0 Å². The van der Waals surface area contributed by atoms with E-state index in [4.69, 9.17) is 14.2 Å². The Morgan fingerprint density at radius 3 is 2.23 bits per heavy atom. The van der Waals surface area contributed by atoms with E-state index in [1.54, 1.807) is 27.5 Å². The maximum absolute atomic E-state index is 5.44. The van der Waals surface area contributed by atoms with Crippen molar-refractivity contribution in [3.63, 3.8) is 0 Å². The van der Waals surface area contributed by atoms with Crippen LogP contribution < -0.4 is 19.5 Å². The van der Waals surface area contributed by atoms with Crippen LogP contribution in [0.3, 0.4) is 0 Å². The van der Waals surface area contributed by atoms with Crippen LogP contribution in [0.1, 0.15) is 5.56 Å². The Hall–Kier alpha value is -1.95. The second-order valence-electron chi connectivity index (χ2n) is 4.55. The van der Waals surface area contributed by atoms with Gasteiger partial charge in [-0.2, -0.15) is 0 Å². The van der Waals surface area contributed by atoms with E-state index in [1.165, 1.54) is 0 Å². The van der Waals surface area contributed by atoms with Crippen LogP contribution in [-0.4, -0.2) is 32.9 Å². The van der Waals surface area contributed by atoms with Crippen LogP contribution in [0.25, 0.3) is 0 Å². The second kappa shape index (κ2) is 7.89. The van der Waals surface area contributed by atoms with Crippen molar-refractivity contribution in [1.29, 1.82) is 0 Å². The molecule has 6 heteroatoms. The van der Waals surface area contributed by atoms with E-state index in [-0.39, 0.29) is 0 Å². The molecule has 1 heterocycles. The number of rotatable bonds is 7. The number of nitrogens with one attached hydrogen (secondary N) is 1. The van der Waals surface area contributed by atoms with Gasteiger partial charge in [-0.3, -0.25) is 0 Å². The van der Waals surface area contributed by atoms with E-state index < -0.39 is 0 Å². The Labute approximate surface area is 138 Å². The standard InChI is InChI=1S/C16H19BrN2O3/c1-20-12-8-14(21-2)13(15(9-12)22-3)6-7-18-16-5-4-11(17)10-19-16/h4-5,8-10H,6-7H2,1-3H3,(H,18,19). The number of pyridine rings is 1. The van der Waals surface area contributed by atoms with Crippen LogP contribution in [0.2, 0.25) is 0 Å². The predicted octanol–water partition coefficient (Wildman–Crippen LogP) is 3.52. The molecule has 0 saturated heterocycles. The van der Waals surface area contributed by atoms with Crippen molar-refractivity contribution in [3.05, 3.63) is 40.5 Å². The van der Waals surface area contributed by atoms with Gasteiger partial charge in [-0.25, -0.2) is 4.98 Å². The molecule has 1 aromatic heterocycles. The van der Waals surface area contributed by atoms with Crippen molar-refractivity contribution in [3.8, 4) is 17.2 Å². The van der Waals surface area contributed by atoms with Crippen LogP contribution in [0.5, 0.6) is 17.2 Å². The van der Waals surface area contributed by atoms with Crippen LogP contribution >= 0.6 is 15.9 Å². The summed E-state index contributed by atoms with van der Waals surface area (Å²) in [6.45, 7) is 0.716. The monoisotopic (exact) mass is 366 g/mol. The summed E-state index contributed by atoms with van der Waals surface area (Å²) >= 11 is 3.37. The summed E-state index contributed by atoms with van der Waals surface area (Å²) in [5.74, 6) is 3.04. The predicted molar refractivity (Wildman–Crippen MR) is 90.2 cm³/mol. The molecule has 0 saturated carbocycles. The van der Waals surface area contributed by atoms with E-state index in [1.807, 2.05) is 24.3 Å². The molecular formula is C16H19BrN2O3. The maximum atomic E-state index is 5.44. The fraction of sp³-hybridized carbons (Fsp3) is 0.312. The topological polar surface area (TPSA) is 52.6 Å². The molecule has 0 radical (unpaired) electrons. The summed E-state index contributed by atoms with van der Waals surface area (Å²) in [6, 6.07) is 7.59. The highest BCUT2D eigenvalue weighted by Gasteiger charge is 2.12. The third kappa shape index (κ3) is 4.04. The average molecular weight is 367 g/mol. The molecule has 2 rings (SSSR count). The highest BCUT2D eigenvalue weighted by atomic mass is 79.9. The third-order valence-electron chi connectivity index (χ3n) is 3.23. The molecular weight excluding hydrogens is 348 g/mol. The first-order chi connectivity index (χ1) is 10.7. The number of halogens is 1. The Kier molecular flexibility index (Phi) is 5.89. The smallest absolute Gasteiger partial charge is 0.129 e. The first-order valence-electron chi connectivity index (χ1n) is 6.82. The summed E-state index contributed by atoms with van der Waals surface area (Å²) in [6.07, 6.45) is 2.50. The molecule has 0 fully saturated rings. The molecule has 22 heavy (non-hydrogen) atoms. The molecule has 0 aliphatic heterocycles. The van der Waals surface area contributed by atoms with Gasteiger partial charge >= 0.3 is 0 Å². The van der Waals surface area contributed by atoms with E-state index >= 15 is 0 Å². The average Bonchev–Trinajstić information content (AvgIpc) is 2.56. The summed E-state index contributed by atoms with van der Waals surface area (Å²) in [5.41, 5.74) is 0.996. The van der Waals surface area contributed by atoms with Crippen molar-refractivity contribution in [1.82, 2.24) is 4.98 Å². The fourth-order valence-corrected chi connectivity index (χ4v) is 2.35. The first kappa shape index (κ1) is 16.4. The Morgan fingerprint density at radius 2 is 1.73 bits per heavy atom. The summed E-state index contributed by atoms with van der Waals surface area (Å²) in [5, 5.41) is 3.28. The normalized spacial score (nSPS) is 10.2. The second-order valence-corrected chi connectivity index (χ2v) is 5.46. The van der Waals surface area contributed by atoms with Crippen molar-refractivity contribution in [2.45, 2.75) is 6.42 Å². The lowest BCUT2D eigenvalue weighted by Gasteiger charge is -2.15. The van der Waals surface area contributed by atoms with Gasteiger partial charge in [-0.05, 0) is 34.5 Å². The molecule has 0 aliphatic rings. The molecule has 0 unspecified atom stereocenters. The number of anilines is 1. The Balaban J connectivity index is 2.09. The molecule has 0 spiro atoms. The molecule has 0 bridgehead atoms. The lowest BCUT2D eigenvalue weighted by atomic mass is 10.1. The largest absolute Gasteiger partial charge is 0.496 e. The number of hydrogen-bond acceptors (Lipinski definition) is 5. The van der Waals surface area contributed by atoms with Gasteiger partial charge in [0.05, 0.1) is 21.3 Å². The minimum absolute atomic E-state index is 0.708. The van der Waals surface area contributed by atoms with E-state index in [9.17, 15) is 0 Å². The van der Waals surface area contributed by atoms with Crippen molar-refractivity contribution < 1.29 is 14.2 Å². The van der Waals surface area contributed by atoms with Crippen LogP contribution in [0.4, 0.5) is 5.82 Å². The third-order valence-corrected chi connectivity index (χ3v) is 3.69. The van der Waals surface area contributed by atoms with E-state index in [0.717, 1.165) is 33.8 Å². The molecule has 0 aliphatic carbocycles. The maximum Gasteiger partial charge on any atom is 0.129 e. The van der Waals surface area contributed by atoms with Crippen molar-refractivity contribution in [2.24, 2.45) is 0 Å². The fourth-order valence-electron chi connectivity index (χ4n) is 2.12. The molecule has 1 aromatic carbocycles. The molecule has 118 valence electrons. The number of nitrogens with zero attached hydrogens (tertiary/aromatic N) is 1. The van der Waals surface area contributed by atoms with Crippen LogP contribution in [0.15, 0.2) is 34.9 Å². The van der Waals surface area contributed by atoms with E-state index in [0.29, 0.717) is 12.3 Å². The Bertz CT molecular complexity index is 592. The van der Waals surface area contributed by atoms with Crippen LogP contribution in [0, 0.1) is 0 Å². The number of benzene rings is 1. The zero-order valence-corrected chi connectivity index (χ0v) is 14.4. The van der Waals surface area contributed by atoms with Crippen molar-refractivity contribution in [2.75, 3.05) is 33.2 Å². The van der Waals surface area contributed by atoms with Gasteiger partial charge in [0.1, 0.15) is 23.1 Å². The van der Waals surface area contributed by atoms with Gasteiger partial charge in [0.2, 0.25) is 0 Å². The minimum Gasteiger partial charge on any atom is -0.496 e. The number of aromatic nitrogens is 1. The number of methoxy groups -OCH3 is 3. The molecule has 2 aromatic rings.